The minimum Gasteiger partial charge on any atom is -0.459 e. The van der Waals surface area contributed by atoms with E-state index in [2.05, 4.69) is 4.74 Å². The zero-order chi connectivity index (χ0) is 12.1. The molecule has 1 rings (SSSR count). The Balaban J connectivity index is 2.67. The lowest BCUT2D eigenvalue weighted by molar-refractivity contribution is -0.0498. The van der Waals surface area contributed by atoms with Gasteiger partial charge in [-0.2, -0.15) is 8.78 Å². The summed E-state index contributed by atoms with van der Waals surface area (Å²) >= 11 is 0. The summed E-state index contributed by atoms with van der Waals surface area (Å²) in [5.41, 5.74) is 0.301. The highest BCUT2D eigenvalue weighted by Gasteiger charge is 2.10. The summed E-state index contributed by atoms with van der Waals surface area (Å²) < 4.78 is 32.7. The molecule has 0 aromatic heterocycles. The quantitative estimate of drug-likeness (QED) is 0.746. The van der Waals surface area contributed by atoms with Gasteiger partial charge in [-0.15, -0.1) is 0 Å². The molecule has 0 aliphatic rings. The van der Waals surface area contributed by atoms with Crippen molar-refractivity contribution in [3.8, 4) is 5.75 Å². The van der Waals surface area contributed by atoms with Gasteiger partial charge in [-0.25, -0.2) is 4.79 Å². The van der Waals surface area contributed by atoms with Gasteiger partial charge in [0.25, 0.3) is 0 Å². The smallest absolute Gasteiger partial charge is 0.387 e. The van der Waals surface area contributed by atoms with Crippen LogP contribution in [0.15, 0.2) is 24.3 Å². The van der Waals surface area contributed by atoms with Crippen molar-refractivity contribution in [1.29, 1.82) is 0 Å². The SMILES string of the molecule is CC(C)OC(=O)c1ccc(OC(F)F)cc1. The van der Waals surface area contributed by atoms with Crippen LogP contribution in [-0.2, 0) is 4.74 Å². The van der Waals surface area contributed by atoms with Crippen molar-refractivity contribution in [1.82, 2.24) is 0 Å². The first-order chi connectivity index (χ1) is 7.49. The molecule has 0 aliphatic heterocycles. The van der Waals surface area contributed by atoms with Gasteiger partial charge in [0.2, 0.25) is 0 Å². The van der Waals surface area contributed by atoms with Gasteiger partial charge >= 0.3 is 12.6 Å². The van der Waals surface area contributed by atoms with Gasteiger partial charge in [0.05, 0.1) is 11.7 Å². The number of rotatable bonds is 4. The van der Waals surface area contributed by atoms with E-state index in [9.17, 15) is 13.6 Å². The lowest BCUT2D eigenvalue weighted by Crippen LogP contribution is -2.11. The summed E-state index contributed by atoms with van der Waals surface area (Å²) in [7, 11) is 0. The average Bonchev–Trinajstić information content (AvgIpc) is 2.16. The van der Waals surface area contributed by atoms with Crippen molar-refractivity contribution in [3.63, 3.8) is 0 Å². The predicted molar refractivity (Wildman–Crippen MR) is 53.6 cm³/mol. The molecule has 0 unspecified atom stereocenters. The Labute approximate surface area is 92.0 Å². The van der Waals surface area contributed by atoms with Crippen LogP contribution in [0.2, 0.25) is 0 Å². The van der Waals surface area contributed by atoms with Crippen LogP contribution in [-0.4, -0.2) is 18.7 Å². The minimum absolute atomic E-state index is 0.0103. The fourth-order valence-electron chi connectivity index (χ4n) is 1.05. The molecule has 1 aromatic rings. The highest BCUT2D eigenvalue weighted by Crippen LogP contribution is 2.15. The lowest BCUT2D eigenvalue weighted by atomic mass is 10.2. The molecule has 0 amide bonds. The maximum Gasteiger partial charge on any atom is 0.387 e. The molecule has 0 radical (unpaired) electrons. The van der Waals surface area contributed by atoms with E-state index < -0.39 is 12.6 Å². The third kappa shape index (κ3) is 3.84. The number of hydrogen-bond acceptors (Lipinski definition) is 3. The molecule has 5 heteroatoms. The van der Waals surface area contributed by atoms with E-state index >= 15 is 0 Å². The Morgan fingerprint density at radius 2 is 1.75 bits per heavy atom. The molecule has 0 atom stereocenters. The molecule has 0 aliphatic carbocycles. The maximum absolute atomic E-state index is 11.8. The molecule has 0 fully saturated rings. The van der Waals surface area contributed by atoms with Crippen molar-refractivity contribution in [2.75, 3.05) is 0 Å². The van der Waals surface area contributed by atoms with Crippen molar-refractivity contribution < 1.29 is 23.0 Å². The van der Waals surface area contributed by atoms with E-state index in [1.807, 2.05) is 0 Å². The zero-order valence-corrected chi connectivity index (χ0v) is 8.94. The van der Waals surface area contributed by atoms with Gasteiger partial charge in [-0.1, -0.05) is 0 Å². The van der Waals surface area contributed by atoms with Crippen molar-refractivity contribution in [3.05, 3.63) is 29.8 Å². The van der Waals surface area contributed by atoms with Crippen LogP contribution in [0.4, 0.5) is 8.78 Å². The first-order valence-electron chi connectivity index (χ1n) is 4.75. The largest absolute Gasteiger partial charge is 0.459 e. The van der Waals surface area contributed by atoms with E-state index in [4.69, 9.17) is 4.74 Å². The third-order valence-corrected chi connectivity index (χ3v) is 1.66. The Kier molecular flexibility index (Phi) is 4.22. The first-order valence-corrected chi connectivity index (χ1v) is 4.75. The first kappa shape index (κ1) is 12.4. The van der Waals surface area contributed by atoms with Crippen molar-refractivity contribution >= 4 is 5.97 Å². The Morgan fingerprint density at radius 3 is 2.19 bits per heavy atom. The highest BCUT2D eigenvalue weighted by molar-refractivity contribution is 5.89. The van der Waals surface area contributed by atoms with Crippen LogP contribution in [0.5, 0.6) is 5.75 Å². The normalized spacial score (nSPS) is 10.6. The third-order valence-electron chi connectivity index (χ3n) is 1.66. The van der Waals surface area contributed by atoms with Gasteiger partial charge in [-0.05, 0) is 38.1 Å². The van der Waals surface area contributed by atoms with Crippen molar-refractivity contribution in [2.45, 2.75) is 26.6 Å². The Bertz CT molecular complexity index is 347. The molecule has 88 valence electrons. The Morgan fingerprint density at radius 1 is 1.19 bits per heavy atom. The van der Waals surface area contributed by atoms with Gasteiger partial charge in [0.1, 0.15) is 5.75 Å². The number of alkyl halides is 2. The van der Waals surface area contributed by atoms with Crippen LogP contribution in [0, 0.1) is 0 Å². The van der Waals surface area contributed by atoms with Crippen LogP contribution >= 0.6 is 0 Å². The fourth-order valence-corrected chi connectivity index (χ4v) is 1.05. The van der Waals surface area contributed by atoms with E-state index in [-0.39, 0.29) is 11.9 Å². The molecule has 0 bridgehead atoms. The number of carbonyl (C=O) groups excluding carboxylic acids is 1. The van der Waals surface area contributed by atoms with Crippen LogP contribution in [0.3, 0.4) is 0 Å². The standard InChI is InChI=1S/C11H12F2O3/c1-7(2)15-10(14)8-3-5-9(6-4-8)16-11(12)13/h3-7,11H,1-2H3. The van der Waals surface area contributed by atoms with Gasteiger partial charge < -0.3 is 9.47 Å². The van der Waals surface area contributed by atoms with Crippen LogP contribution in [0.1, 0.15) is 24.2 Å². The molecule has 0 N–H and O–H groups in total. The summed E-state index contributed by atoms with van der Waals surface area (Å²) in [5, 5.41) is 0. The number of hydrogen-bond donors (Lipinski definition) is 0. The zero-order valence-electron chi connectivity index (χ0n) is 8.94. The predicted octanol–water partition coefficient (Wildman–Crippen LogP) is 2.85. The Hall–Kier alpha value is -1.65. The highest BCUT2D eigenvalue weighted by atomic mass is 19.3. The number of benzene rings is 1. The summed E-state index contributed by atoms with van der Waals surface area (Å²) in [6, 6.07) is 5.34. The molecule has 0 heterocycles. The van der Waals surface area contributed by atoms with Gasteiger partial charge in [0, 0.05) is 0 Å². The summed E-state index contributed by atoms with van der Waals surface area (Å²) in [6.07, 6.45) is -0.218. The van der Waals surface area contributed by atoms with Gasteiger partial charge in [0.15, 0.2) is 0 Å². The molecule has 16 heavy (non-hydrogen) atoms. The fraction of sp³-hybridized carbons (Fsp3) is 0.364. The second-order valence-corrected chi connectivity index (χ2v) is 3.36. The van der Waals surface area contributed by atoms with E-state index in [0.29, 0.717) is 5.56 Å². The second kappa shape index (κ2) is 5.44. The number of esters is 1. The van der Waals surface area contributed by atoms with E-state index in [1.165, 1.54) is 24.3 Å². The summed E-state index contributed by atoms with van der Waals surface area (Å²) in [4.78, 5) is 11.4. The molecular formula is C11H12F2O3. The maximum atomic E-state index is 11.8. The molecule has 3 nitrogen and oxygen atoms in total. The summed E-state index contributed by atoms with van der Waals surface area (Å²) in [6.45, 7) is 0.590. The average molecular weight is 230 g/mol. The van der Waals surface area contributed by atoms with Crippen molar-refractivity contribution in [2.24, 2.45) is 0 Å². The monoisotopic (exact) mass is 230 g/mol. The van der Waals surface area contributed by atoms with E-state index in [0.717, 1.165) is 0 Å². The second-order valence-electron chi connectivity index (χ2n) is 3.36. The lowest BCUT2D eigenvalue weighted by Gasteiger charge is -2.08. The summed E-state index contributed by atoms with van der Waals surface area (Å²) in [5.74, 6) is -0.477. The molecular weight excluding hydrogens is 218 g/mol. The molecule has 1 aromatic carbocycles. The molecule has 0 spiro atoms. The number of carbonyl (C=O) groups is 1. The number of halogens is 2. The molecule has 0 saturated carbocycles. The van der Waals surface area contributed by atoms with E-state index in [1.54, 1.807) is 13.8 Å². The van der Waals surface area contributed by atoms with Crippen LogP contribution < -0.4 is 4.74 Å². The van der Waals surface area contributed by atoms with Gasteiger partial charge in [-0.3, -0.25) is 0 Å². The minimum atomic E-state index is -2.87. The molecule has 0 saturated heterocycles. The van der Waals surface area contributed by atoms with Crippen LogP contribution in [0.25, 0.3) is 0 Å². The number of ether oxygens (including phenoxy) is 2. The topological polar surface area (TPSA) is 35.5 Å².